The van der Waals surface area contributed by atoms with Gasteiger partial charge in [-0.05, 0) is 34.6 Å². The van der Waals surface area contributed by atoms with Crippen LogP contribution in [0.2, 0.25) is 0 Å². The SMILES string of the molecule is C=CCO[C@@H]([C@@H]1OC(C)(C)O[C@@H]1CC(=[N+]=[N-])C(=O)OCC)[C@H]1COC(C)(C)O1. The second-order valence-electron chi connectivity index (χ2n) is 7.56. The Balaban J connectivity index is 2.24. The van der Waals surface area contributed by atoms with E-state index in [9.17, 15) is 10.3 Å². The van der Waals surface area contributed by atoms with E-state index in [4.69, 9.17) is 28.4 Å². The fourth-order valence-corrected chi connectivity index (χ4v) is 3.34. The zero-order valence-corrected chi connectivity index (χ0v) is 17.2. The monoisotopic (exact) mass is 398 g/mol. The molecule has 0 aromatic heterocycles. The molecule has 9 nitrogen and oxygen atoms in total. The molecule has 0 aromatic rings. The van der Waals surface area contributed by atoms with Crippen molar-refractivity contribution in [3.05, 3.63) is 18.2 Å². The Labute approximate surface area is 165 Å². The van der Waals surface area contributed by atoms with E-state index in [1.807, 2.05) is 13.8 Å². The van der Waals surface area contributed by atoms with Gasteiger partial charge in [0.05, 0.1) is 26.2 Å². The molecule has 9 heteroatoms. The highest BCUT2D eigenvalue weighted by Crippen LogP contribution is 2.36. The molecule has 2 heterocycles. The van der Waals surface area contributed by atoms with Crippen LogP contribution in [0.25, 0.3) is 5.53 Å². The maximum Gasteiger partial charge on any atom is 0.416 e. The van der Waals surface area contributed by atoms with E-state index in [-0.39, 0.29) is 25.3 Å². The van der Waals surface area contributed by atoms with Crippen molar-refractivity contribution in [3.8, 4) is 0 Å². The number of hydrogen-bond donors (Lipinski definition) is 0. The second kappa shape index (κ2) is 9.26. The van der Waals surface area contributed by atoms with Crippen molar-refractivity contribution >= 4 is 11.7 Å². The van der Waals surface area contributed by atoms with E-state index < -0.39 is 42.0 Å². The van der Waals surface area contributed by atoms with Crippen molar-refractivity contribution < 1.29 is 38.0 Å². The lowest BCUT2D eigenvalue weighted by atomic mass is 9.99. The summed E-state index contributed by atoms with van der Waals surface area (Å²) in [5, 5.41) is 0. The molecular weight excluding hydrogens is 368 g/mol. The van der Waals surface area contributed by atoms with Crippen LogP contribution in [0.5, 0.6) is 0 Å². The molecule has 0 saturated carbocycles. The van der Waals surface area contributed by atoms with E-state index in [0.717, 1.165) is 0 Å². The molecule has 0 aliphatic carbocycles. The van der Waals surface area contributed by atoms with Gasteiger partial charge in [-0.1, -0.05) is 6.08 Å². The van der Waals surface area contributed by atoms with Crippen molar-refractivity contribution in [3.63, 3.8) is 0 Å². The highest BCUT2D eigenvalue weighted by Gasteiger charge is 2.52. The number of rotatable bonds is 9. The van der Waals surface area contributed by atoms with Crippen LogP contribution >= 0.6 is 0 Å². The fourth-order valence-electron chi connectivity index (χ4n) is 3.34. The number of hydrogen-bond acceptors (Lipinski definition) is 7. The molecule has 2 aliphatic rings. The first-order valence-corrected chi connectivity index (χ1v) is 9.40. The van der Waals surface area contributed by atoms with Crippen LogP contribution in [0.4, 0.5) is 0 Å². The Morgan fingerprint density at radius 3 is 2.54 bits per heavy atom. The maximum absolute atomic E-state index is 12.0. The molecule has 2 fully saturated rings. The highest BCUT2D eigenvalue weighted by molar-refractivity contribution is 6.34. The van der Waals surface area contributed by atoms with Gasteiger partial charge >= 0.3 is 11.7 Å². The van der Waals surface area contributed by atoms with Gasteiger partial charge in [-0.3, -0.25) is 0 Å². The Hall–Kier alpha value is -1.61. The van der Waals surface area contributed by atoms with Gasteiger partial charge in [0.1, 0.15) is 24.4 Å². The predicted molar refractivity (Wildman–Crippen MR) is 98.5 cm³/mol. The quantitative estimate of drug-likeness (QED) is 0.192. The summed E-state index contributed by atoms with van der Waals surface area (Å²) in [6.07, 6.45) is -0.542. The van der Waals surface area contributed by atoms with Crippen LogP contribution in [-0.2, 0) is 33.2 Å². The number of ether oxygens (including phenoxy) is 6. The minimum atomic E-state index is -0.921. The third kappa shape index (κ3) is 5.70. The smallest absolute Gasteiger partial charge is 0.416 e. The van der Waals surface area contributed by atoms with Crippen LogP contribution in [-0.4, -0.2) is 72.3 Å². The van der Waals surface area contributed by atoms with Crippen molar-refractivity contribution in [1.82, 2.24) is 0 Å². The third-order valence-corrected chi connectivity index (χ3v) is 4.37. The van der Waals surface area contributed by atoms with Gasteiger partial charge in [-0.15, -0.1) is 6.58 Å². The predicted octanol–water partition coefficient (Wildman–Crippen LogP) is 1.85. The molecule has 2 saturated heterocycles. The molecule has 0 unspecified atom stereocenters. The second-order valence-corrected chi connectivity index (χ2v) is 7.56. The van der Waals surface area contributed by atoms with Gasteiger partial charge in [-0.2, -0.15) is 4.79 Å². The van der Waals surface area contributed by atoms with Crippen molar-refractivity contribution in [2.45, 2.75) is 77.0 Å². The lowest BCUT2D eigenvalue weighted by molar-refractivity contribution is -0.186. The summed E-state index contributed by atoms with van der Waals surface area (Å²) in [5.41, 5.74) is 9.11. The van der Waals surface area contributed by atoms with Crippen molar-refractivity contribution in [1.29, 1.82) is 0 Å². The third-order valence-electron chi connectivity index (χ3n) is 4.37. The topological polar surface area (TPSA) is 109 Å². The molecule has 0 bridgehead atoms. The first kappa shape index (κ1) is 22.7. The minimum Gasteiger partial charge on any atom is -0.457 e. The summed E-state index contributed by atoms with van der Waals surface area (Å²) in [6.45, 7) is 13.3. The molecule has 0 spiro atoms. The standard InChI is InChI=1S/C19H30N2O7/c1-7-9-24-15(14-11-25-18(3,4)27-14)16-13(26-19(5,6)28-16)10-12(21-20)17(22)23-8-2/h7,13-16H,1,8-11H2,2-6H3/t13-,14-,15-,16-/m1/s1. The molecule has 0 N–H and O–H groups in total. The molecule has 158 valence electrons. The number of carbonyl (C=O) groups is 1. The Morgan fingerprint density at radius 1 is 1.29 bits per heavy atom. The summed E-state index contributed by atoms with van der Waals surface area (Å²) in [7, 11) is 0. The molecule has 2 aliphatic heterocycles. The molecule has 0 amide bonds. The lowest BCUT2D eigenvalue weighted by Crippen LogP contribution is -2.47. The van der Waals surface area contributed by atoms with Crippen LogP contribution in [0, 0.1) is 0 Å². The van der Waals surface area contributed by atoms with Gasteiger partial charge in [0.25, 0.3) is 0 Å². The van der Waals surface area contributed by atoms with Gasteiger partial charge in [0, 0.05) is 0 Å². The van der Waals surface area contributed by atoms with Crippen LogP contribution in [0.15, 0.2) is 12.7 Å². The van der Waals surface area contributed by atoms with Gasteiger partial charge in [0.2, 0.25) is 0 Å². The molecule has 2 rings (SSSR count). The minimum absolute atomic E-state index is 0.00561. The Morgan fingerprint density at radius 2 is 2.00 bits per heavy atom. The largest absolute Gasteiger partial charge is 0.457 e. The van der Waals surface area contributed by atoms with E-state index in [0.29, 0.717) is 6.61 Å². The normalized spacial score (nSPS) is 29.1. The van der Waals surface area contributed by atoms with Gasteiger partial charge in [0.15, 0.2) is 11.6 Å². The van der Waals surface area contributed by atoms with E-state index >= 15 is 0 Å². The molecule has 28 heavy (non-hydrogen) atoms. The van der Waals surface area contributed by atoms with E-state index in [1.54, 1.807) is 26.8 Å². The van der Waals surface area contributed by atoms with Crippen molar-refractivity contribution in [2.75, 3.05) is 19.8 Å². The van der Waals surface area contributed by atoms with E-state index in [2.05, 4.69) is 11.4 Å². The average molecular weight is 398 g/mol. The number of esters is 1. The van der Waals surface area contributed by atoms with Crippen LogP contribution in [0.3, 0.4) is 0 Å². The molecule has 0 aromatic carbocycles. The molecule has 0 radical (unpaired) electrons. The van der Waals surface area contributed by atoms with Crippen LogP contribution < -0.4 is 0 Å². The van der Waals surface area contributed by atoms with Crippen LogP contribution in [0.1, 0.15) is 41.0 Å². The first-order valence-electron chi connectivity index (χ1n) is 9.40. The number of carbonyl (C=O) groups excluding carboxylic acids is 1. The summed E-state index contributed by atoms with van der Waals surface area (Å²) < 4.78 is 34.6. The first-order chi connectivity index (χ1) is 13.1. The summed E-state index contributed by atoms with van der Waals surface area (Å²) in [6, 6.07) is 0. The summed E-state index contributed by atoms with van der Waals surface area (Å²) in [5.74, 6) is -2.37. The summed E-state index contributed by atoms with van der Waals surface area (Å²) >= 11 is 0. The maximum atomic E-state index is 12.0. The number of nitrogens with zero attached hydrogens (tertiary/aromatic N) is 2. The van der Waals surface area contributed by atoms with E-state index in [1.165, 1.54) is 0 Å². The van der Waals surface area contributed by atoms with Gasteiger partial charge in [-0.25, -0.2) is 4.79 Å². The Kier molecular flexibility index (Phi) is 7.50. The Bertz CT molecular complexity index is 628. The van der Waals surface area contributed by atoms with Gasteiger partial charge < -0.3 is 34.0 Å². The molecular formula is C19H30N2O7. The highest BCUT2D eigenvalue weighted by atomic mass is 16.8. The van der Waals surface area contributed by atoms with Crippen molar-refractivity contribution in [2.24, 2.45) is 0 Å². The average Bonchev–Trinajstić information content (AvgIpc) is 3.11. The summed E-state index contributed by atoms with van der Waals surface area (Å²) in [4.78, 5) is 15.1. The fraction of sp³-hybridized carbons (Fsp3) is 0.789. The molecule has 4 atom stereocenters. The lowest BCUT2D eigenvalue weighted by Gasteiger charge is -2.30. The zero-order chi connectivity index (χ0) is 20.9. The zero-order valence-electron chi connectivity index (χ0n) is 17.2.